The van der Waals surface area contributed by atoms with Crippen molar-refractivity contribution < 1.29 is 19.4 Å². The van der Waals surface area contributed by atoms with E-state index in [1.807, 2.05) is 0 Å². The summed E-state index contributed by atoms with van der Waals surface area (Å²) in [5.41, 5.74) is 0.242. The van der Waals surface area contributed by atoms with Crippen LogP contribution in [0.15, 0.2) is 18.2 Å². The number of aldehydes is 1. The van der Waals surface area contributed by atoms with E-state index < -0.39 is 0 Å². The Hall–Kier alpha value is -1.55. The van der Waals surface area contributed by atoms with Crippen molar-refractivity contribution in [3.05, 3.63) is 23.8 Å². The van der Waals surface area contributed by atoms with Crippen LogP contribution in [0.5, 0.6) is 11.5 Å². The highest BCUT2D eigenvalue weighted by molar-refractivity contribution is 5.80. The second-order valence-corrected chi connectivity index (χ2v) is 3.98. The topological polar surface area (TPSA) is 55.8 Å². The summed E-state index contributed by atoms with van der Waals surface area (Å²) >= 11 is 0. The summed E-state index contributed by atoms with van der Waals surface area (Å²) in [4.78, 5) is 10.6. The number of carbonyl (C=O) groups is 1. The van der Waals surface area contributed by atoms with Gasteiger partial charge in [0.2, 0.25) is 0 Å². The van der Waals surface area contributed by atoms with Crippen molar-refractivity contribution in [2.45, 2.75) is 26.2 Å². The number of hydrogen-bond acceptors (Lipinski definition) is 4. The molecule has 0 bridgehead atoms. The summed E-state index contributed by atoms with van der Waals surface area (Å²) in [6.45, 7) is 4.01. The molecule has 0 fully saturated rings. The highest BCUT2D eigenvalue weighted by Crippen LogP contribution is 2.28. The smallest absolute Gasteiger partial charge is 0.168 e. The van der Waals surface area contributed by atoms with Crippen molar-refractivity contribution in [3.8, 4) is 11.5 Å². The molecule has 0 saturated carbocycles. The summed E-state index contributed by atoms with van der Waals surface area (Å²) in [7, 11) is 0. The van der Waals surface area contributed by atoms with Crippen molar-refractivity contribution >= 4 is 6.29 Å². The average molecular weight is 252 g/mol. The maximum Gasteiger partial charge on any atom is 0.168 e. The molecule has 100 valence electrons. The first kappa shape index (κ1) is 14.5. The lowest BCUT2D eigenvalue weighted by Crippen LogP contribution is -2.04. The molecule has 0 radical (unpaired) electrons. The molecule has 0 aliphatic carbocycles. The maximum atomic E-state index is 10.6. The van der Waals surface area contributed by atoms with Crippen LogP contribution in [0.4, 0.5) is 0 Å². The van der Waals surface area contributed by atoms with Crippen molar-refractivity contribution in [1.29, 1.82) is 0 Å². The molecular formula is C14H20O4. The van der Waals surface area contributed by atoms with Crippen molar-refractivity contribution in [2.75, 3.05) is 19.8 Å². The van der Waals surface area contributed by atoms with E-state index in [-0.39, 0.29) is 11.3 Å². The Balaban J connectivity index is 2.25. The second-order valence-electron chi connectivity index (χ2n) is 3.98. The largest absolute Gasteiger partial charge is 0.504 e. The summed E-state index contributed by atoms with van der Waals surface area (Å²) in [5, 5.41) is 9.67. The zero-order valence-electron chi connectivity index (χ0n) is 10.7. The Morgan fingerprint density at radius 1 is 1.22 bits per heavy atom. The molecule has 0 heterocycles. The molecule has 1 N–H and O–H groups in total. The molecule has 0 aliphatic heterocycles. The van der Waals surface area contributed by atoms with Gasteiger partial charge in [0, 0.05) is 19.6 Å². The first-order valence-corrected chi connectivity index (χ1v) is 6.27. The number of unbranched alkanes of at least 4 members (excludes halogenated alkanes) is 1. The molecule has 0 aliphatic rings. The van der Waals surface area contributed by atoms with Crippen LogP contribution in [0.25, 0.3) is 0 Å². The minimum Gasteiger partial charge on any atom is -0.504 e. The van der Waals surface area contributed by atoms with Gasteiger partial charge in [-0.2, -0.15) is 0 Å². The fourth-order valence-electron chi connectivity index (χ4n) is 1.44. The third-order valence-electron chi connectivity index (χ3n) is 2.49. The molecule has 4 heteroatoms. The van der Waals surface area contributed by atoms with Crippen LogP contribution in [-0.2, 0) is 4.74 Å². The first-order chi connectivity index (χ1) is 8.79. The lowest BCUT2D eigenvalue weighted by molar-refractivity contribution is 0.111. The number of hydrogen-bond donors (Lipinski definition) is 1. The fourth-order valence-corrected chi connectivity index (χ4v) is 1.44. The van der Waals surface area contributed by atoms with Crippen LogP contribution >= 0.6 is 0 Å². The molecule has 0 saturated heterocycles. The molecule has 0 amide bonds. The number of para-hydroxylation sites is 1. The van der Waals surface area contributed by atoms with Gasteiger partial charge in [0.05, 0.1) is 12.2 Å². The van der Waals surface area contributed by atoms with Gasteiger partial charge >= 0.3 is 0 Å². The number of benzene rings is 1. The van der Waals surface area contributed by atoms with Gasteiger partial charge in [0.25, 0.3) is 0 Å². The predicted molar refractivity (Wildman–Crippen MR) is 69.3 cm³/mol. The molecule has 1 aromatic carbocycles. The van der Waals surface area contributed by atoms with E-state index in [0.29, 0.717) is 25.2 Å². The number of rotatable bonds is 9. The average Bonchev–Trinajstić information content (AvgIpc) is 2.39. The Morgan fingerprint density at radius 3 is 2.72 bits per heavy atom. The first-order valence-electron chi connectivity index (χ1n) is 6.27. The zero-order chi connectivity index (χ0) is 13.2. The molecule has 18 heavy (non-hydrogen) atoms. The molecule has 4 nitrogen and oxygen atoms in total. The number of phenols is 1. The van der Waals surface area contributed by atoms with Gasteiger partial charge in [-0.1, -0.05) is 19.4 Å². The van der Waals surface area contributed by atoms with E-state index in [2.05, 4.69) is 6.92 Å². The highest BCUT2D eigenvalue weighted by Gasteiger charge is 2.06. The van der Waals surface area contributed by atoms with Crippen LogP contribution < -0.4 is 4.74 Å². The molecule has 1 rings (SSSR count). The van der Waals surface area contributed by atoms with Crippen molar-refractivity contribution in [2.24, 2.45) is 0 Å². The lowest BCUT2D eigenvalue weighted by atomic mass is 10.2. The van der Waals surface area contributed by atoms with Crippen LogP contribution in [0.3, 0.4) is 0 Å². The van der Waals surface area contributed by atoms with Crippen LogP contribution in [0, 0.1) is 0 Å². The van der Waals surface area contributed by atoms with Gasteiger partial charge in [0.15, 0.2) is 17.8 Å². The van der Waals surface area contributed by atoms with E-state index in [4.69, 9.17) is 9.47 Å². The number of carbonyl (C=O) groups excluding carboxylic acids is 1. The molecule has 0 spiro atoms. The number of ether oxygens (including phenoxy) is 2. The lowest BCUT2D eigenvalue weighted by Gasteiger charge is -2.09. The van der Waals surface area contributed by atoms with Crippen LogP contribution in [0.1, 0.15) is 36.5 Å². The van der Waals surface area contributed by atoms with E-state index >= 15 is 0 Å². The van der Waals surface area contributed by atoms with Gasteiger partial charge in [-0.05, 0) is 18.6 Å². The monoisotopic (exact) mass is 252 g/mol. The second kappa shape index (κ2) is 8.53. The Morgan fingerprint density at radius 2 is 2.00 bits per heavy atom. The Kier molecular flexibility index (Phi) is 6.87. The van der Waals surface area contributed by atoms with Gasteiger partial charge in [-0.25, -0.2) is 0 Å². The van der Waals surface area contributed by atoms with E-state index in [1.54, 1.807) is 18.2 Å². The van der Waals surface area contributed by atoms with E-state index in [9.17, 15) is 9.90 Å². The highest BCUT2D eigenvalue weighted by atomic mass is 16.5. The Labute approximate surface area is 108 Å². The Bertz CT molecular complexity index is 363. The van der Waals surface area contributed by atoms with Gasteiger partial charge in [-0.3, -0.25) is 4.79 Å². The molecule has 1 aromatic rings. The molecular weight excluding hydrogens is 232 g/mol. The SMILES string of the molecule is CCCCOCCCOc1cccc(C=O)c1O. The zero-order valence-corrected chi connectivity index (χ0v) is 10.7. The van der Waals surface area contributed by atoms with Crippen LogP contribution in [0.2, 0.25) is 0 Å². The third kappa shape index (κ3) is 4.75. The van der Waals surface area contributed by atoms with E-state index in [0.717, 1.165) is 25.9 Å². The van der Waals surface area contributed by atoms with Gasteiger partial charge < -0.3 is 14.6 Å². The van der Waals surface area contributed by atoms with Gasteiger partial charge in [0.1, 0.15) is 0 Å². The molecule has 0 aromatic heterocycles. The normalized spacial score (nSPS) is 10.3. The standard InChI is InChI=1S/C14H20O4/c1-2-3-8-17-9-5-10-18-13-7-4-6-12(11-15)14(13)16/h4,6-7,11,16H,2-3,5,8-10H2,1H3. The van der Waals surface area contributed by atoms with Crippen LogP contribution in [-0.4, -0.2) is 31.2 Å². The third-order valence-corrected chi connectivity index (χ3v) is 2.49. The molecule has 0 unspecified atom stereocenters. The number of aromatic hydroxyl groups is 1. The van der Waals surface area contributed by atoms with Crippen molar-refractivity contribution in [1.82, 2.24) is 0 Å². The summed E-state index contributed by atoms with van der Waals surface area (Å²) < 4.78 is 10.8. The maximum absolute atomic E-state index is 10.6. The fraction of sp³-hybridized carbons (Fsp3) is 0.500. The number of phenolic OH excluding ortho intramolecular Hbond substituents is 1. The predicted octanol–water partition coefficient (Wildman–Crippen LogP) is 2.79. The molecule has 0 atom stereocenters. The summed E-state index contributed by atoms with van der Waals surface area (Å²) in [6, 6.07) is 4.86. The van der Waals surface area contributed by atoms with Crippen molar-refractivity contribution in [3.63, 3.8) is 0 Å². The summed E-state index contributed by atoms with van der Waals surface area (Å²) in [5.74, 6) is 0.243. The van der Waals surface area contributed by atoms with Gasteiger partial charge in [-0.15, -0.1) is 0 Å². The minimum absolute atomic E-state index is 0.0978. The quantitative estimate of drug-likeness (QED) is 0.542. The van der Waals surface area contributed by atoms with E-state index in [1.165, 1.54) is 0 Å². The minimum atomic E-state index is -0.0978. The summed E-state index contributed by atoms with van der Waals surface area (Å²) in [6.07, 6.45) is 3.57.